The Kier molecular flexibility index (Phi) is 11.2. The minimum absolute atomic E-state index is 0. The number of halogens is 1. The number of aliphatic imine (C=N–C) groups is 1. The lowest BCUT2D eigenvalue weighted by molar-refractivity contribution is 0.587. The van der Waals surface area contributed by atoms with Crippen LogP contribution in [0.3, 0.4) is 0 Å². The van der Waals surface area contributed by atoms with Crippen LogP contribution in [-0.4, -0.2) is 34.5 Å². The molecule has 0 heterocycles. The average molecular weight is 530 g/mol. The molecule has 0 aromatic heterocycles. The molecule has 0 saturated carbocycles. The van der Waals surface area contributed by atoms with Crippen molar-refractivity contribution in [3.63, 3.8) is 0 Å². The van der Waals surface area contributed by atoms with Crippen LogP contribution in [0, 0.1) is 0 Å². The number of aryl methyl sites for hydroxylation is 1. The zero-order chi connectivity index (χ0) is 20.4. The predicted octanol–water partition coefficient (Wildman–Crippen LogP) is 3.04. The molecule has 29 heavy (non-hydrogen) atoms. The Morgan fingerprint density at radius 3 is 2.21 bits per heavy atom. The van der Waals surface area contributed by atoms with Gasteiger partial charge in [0.1, 0.15) is 0 Å². The summed E-state index contributed by atoms with van der Waals surface area (Å²) >= 11 is 0. The van der Waals surface area contributed by atoms with E-state index >= 15 is 0 Å². The standard InChI is InChI=1S/C21H30N4O2S.HI/c1-17(9-10-18-7-5-4-6-8-18)25-21(22-2)24-15-19-11-13-20(14-12-19)16-28(26,27)23-3;/h4-8,11-14,17,23H,9-10,15-16H2,1-3H3,(H2,22,24,25);1H. The first-order chi connectivity index (χ1) is 13.4. The van der Waals surface area contributed by atoms with Crippen molar-refractivity contribution in [2.45, 2.75) is 38.1 Å². The highest BCUT2D eigenvalue weighted by molar-refractivity contribution is 14.0. The van der Waals surface area contributed by atoms with Gasteiger partial charge >= 0.3 is 0 Å². The number of nitrogens with one attached hydrogen (secondary N) is 3. The topological polar surface area (TPSA) is 82.6 Å². The van der Waals surface area contributed by atoms with E-state index in [1.54, 1.807) is 7.05 Å². The monoisotopic (exact) mass is 530 g/mol. The highest BCUT2D eigenvalue weighted by atomic mass is 127. The first-order valence-electron chi connectivity index (χ1n) is 9.42. The minimum atomic E-state index is -3.25. The number of hydrogen-bond acceptors (Lipinski definition) is 3. The number of sulfonamides is 1. The predicted molar refractivity (Wildman–Crippen MR) is 131 cm³/mol. The van der Waals surface area contributed by atoms with E-state index in [4.69, 9.17) is 0 Å². The minimum Gasteiger partial charge on any atom is -0.354 e. The molecule has 0 saturated heterocycles. The maximum Gasteiger partial charge on any atom is 0.215 e. The Bertz CT molecular complexity index is 856. The average Bonchev–Trinajstić information content (AvgIpc) is 2.71. The van der Waals surface area contributed by atoms with Crippen molar-refractivity contribution in [1.29, 1.82) is 0 Å². The summed E-state index contributed by atoms with van der Waals surface area (Å²) in [6.07, 6.45) is 2.03. The summed E-state index contributed by atoms with van der Waals surface area (Å²) < 4.78 is 25.5. The Labute approximate surface area is 191 Å². The van der Waals surface area contributed by atoms with Gasteiger partial charge in [-0.05, 0) is 43.5 Å². The van der Waals surface area contributed by atoms with Crippen LogP contribution in [0.15, 0.2) is 59.6 Å². The Morgan fingerprint density at radius 2 is 1.62 bits per heavy atom. The smallest absolute Gasteiger partial charge is 0.215 e. The fourth-order valence-corrected chi connectivity index (χ4v) is 3.53. The molecular formula is C21H31IN4O2S. The maximum absolute atomic E-state index is 11.6. The van der Waals surface area contributed by atoms with Crippen LogP contribution in [0.5, 0.6) is 0 Å². The molecule has 8 heteroatoms. The molecule has 0 aliphatic carbocycles. The van der Waals surface area contributed by atoms with Crippen LogP contribution in [-0.2, 0) is 28.7 Å². The maximum atomic E-state index is 11.6. The van der Waals surface area contributed by atoms with Gasteiger partial charge in [0, 0.05) is 19.6 Å². The molecule has 0 spiro atoms. The van der Waals surface area contributed by atoms with E-state index in [9.17, 15) is 8.42 Å². The summed E-state index contributed by atoms with van der Waals surface area (Å²) in [5.74, 6) is 0.738. The van der Waals surface area contributed by atoms with Gasteiger partial charge in [-0.15, -0.1) is 24.0 Å². The summed E-state index contributed by atoms with van der Waals surface area (Å²) in [6, 6.07) is 18.3. The molecule has 0 amide bonds. The van der Waals surface area contributed by atoms with Crippen molar-refractivity contribution in [2.75, 3.05) is 14.1 Å². The number of hydrogen-bond donors (Lipinski definition) is 3. The molecule has 0 fully saturated rings. The summed E-state index contributed by atoms with van der Waals surface area (Å²) in [5.41, 5.74) is 3.15. The Morgan fingerprint density at radius 1 is 1.00 bits per heavy atom. The van der Waals surface area contributed by atoms with Crippen molar-refractivity contribution in [3.8, 4) is 0 Å². The van der Waals surface area contributed by atoms with Gasteiger partial charge in [0.25, 0.3) is 0 Å². The molecular weight excluding hydrogens is 499 g/mol. The summed E-state index contributed by atoms with van der Waals surface area (Å²) in [5, 5.41) is 6.71. The number of guanidine groups is 1. The molecule has 0 aliphatic heterocycles. The van der Waals surface area contributed by atoms with E-state index in [2.05, 4.69) is 51.5 Å². The van der Waals surface area contributed by atoms with Gasteiger partial charge in [-0.1, -0.05) is 54.6 Å². The van der Waals surface area contributed by atoms with Crippen LogP contribution in [0.1, 0.15) is 30.0 Å². The van der Waals surface area contributed by atoms with E-state index in [1.807, 2.05) is 30.3 Å². The second-order valence-corrected chi connectivity index (χ2v) is 8.70. The molecule has 2 aromatic carbocycles. The van der Waals surface area contributed by atoms with Gasteiger partial charge in [0.05, 0.1) is 5.75 Å². The largest absolute Gasteiger partial charge is 0.354 e. The lowest BCUT2D eigenvalue weighted by Gasteiger charge is -2.18. The third kappa shape index (κ3) is 9.60. The van der Waals surface area contributed by atoms with E-state index in [0.717, 1.165) is 29.9 Å². The molecule has 1 unspecified atom stereocenters. The van der Waals surface area contributed by atoms with Crippen LogP contribution >= 0.6 is 24.0 Å². The fourth-order valence-electron chi connectivity index (χ4n) is 2.76. The Hall–Kier alpha value is -1.65. The lowest BCUT2D eigenvalue weighted by Crippen LogP contribution is -2.42. The van der Waals surface area contributed by atoms with E-state index in [-0.39, 0.29) is 29.7 Å². The van der Waals surface area contributed by atoms with E-state index in [1.165, 1.54) is 12.6 Å². The molecule has 1 atom stereocenters. The van der Waals surface area contributed by atoms with Gasteiger partial charge in [-0.3, -0.25) is 4.99 Å². The van der Waals surface area contributed by atoms with Gasteiger partial charge in [0.2, 0.25) is 10.0 Å². The van der Waals surface area contributed by atoms with E-state index < -0.39 is 10.0 Å². The third-order valence-corrected chi connectivity index (χ3v) is 5.80. The molecule has 0 radical (unpaired) electrons. The van der Waals surface area contributed by atoms with Gasteiger partial charge in [-0.25, -0.2) is 13.1 Å². The van der Waals surface area contributed by atoms with Gasteiger partial charge in [-0.2, -0.15) is 0 Å². The third-order valence-electron chi connectivity index (χ3n) is 4.47. The molecule has 2 rings (SSSR count). The van der Waals surface area contributed by atoms with Crippen LogP contribution < -0.4 is 15.4 Å². The first kappa shape index (κ1) is 25.4. The molecule has 3 N–H and O–H groups in total. The summed E-state index contributed by atoms with van der Waals surface area (Å²) in [7, 11) is -0.0703. The molecule has 0 aliphatic rings. The van der Waals surface area contributed by atoms with Gasteiger partial charge < -0.3 is 10.6 Å². The molecule has 0 bridgehead atoms. The number of benzene rings is 2. The quantitative estimate of drug-likeness (QED) is 0.265. The van der Waals surface area contributed by atoms with Crippen molar-refractivity contribution >= 4 is 40.0 Å². The van der Waals surface area contributed by atoms with E-state index in [0.29, 0.717) is 12.6 Å². The zero-order valence-corrected chi connectivity index (χ0v) is 20.3. The number of rotatable bonds is 9. The second kappa shape index (κ2) is 12.8. The lowest BCUT2D eigenvalue weighted by atomic mass is 10.1. The fraction of sp³-hybridized carbons (Fsp3) is 0.381. The van der Waals surface area contributed by atoms with Crippen LogP contribution in [0.2, 0.25) is 0 Å². The summed E-state index contributed by atoms with van der Waals surface area (Å²) in [4.78, 5) is 4.28. The van der Waals surface area contributed by atoms with Gasteiger partial charge in [0.15, 0.2) is 5.96 Å². The van der Waals surface area contributed by atoms with Crippen molar-refractivity contribution in [1.82, 2.24) is 15.4 Å². The van der Waals surface area contributed by atoms with Crippen molar-refractivity contribution < 1.29 is 8.42 Å². The van der Waals surface area contributed by atoms with Crippen molar-refractivity contribution in [3.05, 3.63) is 71.3 Å². The highest BCUT2D eigenvalue weighted by Crippen LogP contribution is 2.08. The normalized spacial score (nSPS) is 12.7. The molecule has 6 nitrogen and oxygen atoms in total. The second-order valence-electron chi connectivity index (χ2n) is 6.78. The van der Waals surface area contributed by atoms with Crippen molar-refractivity contribution in [2.24, 2.45) is 4.99 Å². The number of nitrogens with zero attached hydrogens (tertiary/aromatic N) is 1. The Balaban J connectivity index is 0.00000420. The molecule has 160 valence electrons. The van der Waals surface area contributed by atoms with Crippen LogP contribution in [0.25, 0.3) is 0 Å². The summed E-state index contributed by atoms with van der Waals surface area (Å²) in [6.45, 7) is 2.76. The SMILES string of the molecule is CN=C(NCc1ccc(CS(=O)(=O)NC)cc1)NC(C)CCc1ccccc1.I. The molecule has 2 aromatic rings. The highest BCUT2D eigenvalue weighted by Gasteiger charge is 2.09. The zero-order valence-electron chi connectivity index (χ0n) is 17.2. The van der Waals surface area contributed by atoms with Crippen LogP contribution in [0.4, 0.5) is 0 Å². The first-order valence-corrected chi connectivity index (χ1v) is 11.1.